The molecule has 0 unspecified atom stereocenters. The molecule has 0 fully saturated rings. The van der Waals surface area contributed by atoms with E-state index in [2.05, 4.69) is 15.3 Å². The number of nitrogens with zero attached hydrogens (tertiary/aromatic N) is 2. The van der Waals surface area contributed by atoms with Gasteiger partial charge >= 0.3 is 0 Å². The van der Waals surface area contributed by atoms with Crippen LogP contribution in [0.3, 0.4) is 0 Å². The number of H-pyrrole nitrogens is 1. The quantitative estimate of drug-likeness (QED) is 0.599. The molecule has 0 bridgehead atoms. The number of carbonyl (C=O) groups is 1. The highest BCUT2D eigenvalue weighted by molar-refractivity contribution is 6.35. The summed E-state index contributed by atoms with van der Waals surface area (Å²) in [6.07, 6.45) is 0. The van der Waals surface area contributed by atoms with Gasteiger partial charge in [0.15, 0.2) is 0 Å². The summed E-state index contributed by atoms with van der Waals surface area (Å²) in [6, 6.07) is 15.2. The Hall–Kier alpha value is -2.79. The summed E-state index contributed by atoms with van der Waals surface area (Å²) in [6.45, 7) is 0.336. The molecule has 2 aromatic carbocycles. The van der Waals surface area contributed by atoms with E-state index in [0.717, 1.165) is 27.8 Å². The Labute approximate surface area is 143 Å². The monoisotopic (exact) mass is 338 g/mol. The van der Waals surface area contributed by atoms with Crippen LogP contribution in [0.15, 0.2) is 48.5 Å². The molecule has 0 saturated carbocycles. The average Bonchev–Trinajstić information content (AvgIpc) is 3.15. The van der Waals surface area contributed by atoms with E-state index < -0.39 is 0 Å². The molecule has 5 nitrogen and oxygen atoms in total. The van der Waals surface area contributed by atoms with Crippen LogP contribution in [0.25, 0.3) is 21.9 Å². The number of halogens is 1. The zero-order valence-electron chi connectivity index (χ0n) is 13.0. The molecule has 2 N–H and O–H groups in total. The predicted octanol–water partition coefficient (Wildman–Crippen LogP) is 3.64. The average molecular weight is 339 g/mol. The van der Waals surface area contributed by atoms with Crippen molar-refractivity contribution in [3.63, 3.8) is 0 Å². The topological polar surface area (TPSA) is 62.7 Å². The Morgan fingerprint density at radius 3 is 2.88 bits per heavy atom. The fraction of sp³-hybridized carbons (Fsp3) is 0.111. The number of fused-ring (bicyclic) bond motifs is 2. The van der Waals surface area contributed by atoms with E-state index in [1.165, 1.54) is 0 Å². The molecular weight excluding hydrogens is 324 g/mol. The highest BCUT2D eigenvalue weighted by Gasteiger charge is 2.15. The van der Waals surface area contributed by atoms with Crippen molar-refractivity contribution < 1.29 is 4.79 Å². The van der Waals surface area contributed by atoms with Gasteiger partial charge in [-0.15, -0.1) is 0 Å². The maximum atomic E-state index is 12.5. The second-order valence-corrected chi connectivity index (χ2v) is 6.05. The van der Waals surface area contributed by atoms with Gasteiger partial charge < -0.3 is 14.9 Å². The van der Waals surface area contributed by atoms with Gasteiger partial charge in [0.2, 0.25) is 0 Å². The van der Waals surface area contributed by atoms with Gasteiger partial charge in [0, 0.05) is 23.0 Å². The number of hydrogen-bond donors (Lipinski definition) is 2. The van der Waals surface area contributed by atoms with E-state index in [-0.39, 0.29) is 5.91 Å². The number of rotatable bonds is 3. The third-order valence-electron chi connectivity index (χ3n) is 4.12. The fourth-order valence-electron chi connectivity index (χ4n) is 2.89. The molecule has 0 aliphatic carbocycles. The zero-order chi connectivity index (χ0) is 16.7. The van der Waals surface area contributed by atoms with Crippen molar-refractivity contribution in [1.82, 2.24) is 19.9 Å². The predicted molar refractivity (Wildman–Crippen MR) is 95.2 cm³/mol. The maximum Gasteiger partial charge on any atom is 0.268 e. The first-order chi connectivity index (χ1) is 11.6. The number of benzene rings is 2. The first-order valence-corrected chi connectivity index (χ1v) is 7.97. The van der Waals surface area contributed by atoms with E-state index in [0.29, 0.717) is 17.3 Å². The lowest BCUT2D eigenvalue weighted by atomic mass is 10.2. The van der Waals surface area contributed by atoms with Crippen molar-refractivity contribution in [2.75, 3.05) is 0 Å². The third-order valence-corrected chi connectivity index (χ3v) is 4.45. The standard InChI is InChI=1S/C18H15ClN4O/c1-23-15-8-4-5-12(19)11(15)9-16(23)18(24)20-10-17-21-13-6-2-3-7-14(13)22-17/h2-9H,10H2,1H3,(H,20,24)(H,21,22). The molecule has 2 aromatic heterocycles. The molecule has 0 saturated heterocycles. The second-order valence-electron chi connectivity index (χ2n) is 5.64. The fourth-order valence-corrected chi connectivity index (χ4v) is 3.11. The number of aryl methyl sites for hydroxylation is 1. The van der Waals surface area contributed by atoms with Crippen LogP contribution < -0.4 is 5.32 Å². The molecule has 120 valence electrons. The molecule has 6 heteroatoms. The summed E-state index contributed by atoms with van der Waals surface area (Å²) < 4.78 is 1.84. The molecule has 0 aliphatic heterocycles. The molecule has 0 radical (unpaired) electrons. The number of nitrogens with one attached hydrogen (secondary N) is 2. The number of amides is 1. The number of aromatic amines is 1. The molecule has 4 rings (SSSR count). The van der Waals surface area contributed by atoms with Gasteiger partial charge in [-0.3, -0.25) is 4.79 Å². The summed E-state index contributed by atoms with van der Waals surface area (Å²) in [5.74, 6) is 0.562. The van der Waals surface area contributed by atoms with Gasteiger partial charge in [-0.2, -0.15) is 0 Å². The third kappa shape index (κ3) is 2.43. The normalized spacial score (nSPS) is 11.2. The zero-order valence-corrected chi connectivity index (χ0v) is 13.8. The van der Waals surface area contributed by atoms with Crippen LogP contribution in [0.4, 0.5) is 0 Å². The van der Waals surface area contributed by atoms with Crippen LogP contribution in [0.5, 0.6) is 0 Å². The summed E-state index contributed by atoms with van der Waals surface area (Å²) in [7, 11) is 1.86. The van der Waals surface area contributed by atoms with Gasteiger partial charge in [-0.1, -0.05) is 29.8 Å². The summed E-state index contributed by atoms with van der Waals surface area (Å²) >= 11 is 6.21. The van der Waals surface area contributed by atoms with Crippen LogP contribution in [0, 0.1) is 0 Å². The lowest BCUT2D eigenvalue weighted by Crippen LogP contribution is -2.25. The minimum Gasteiger partial charge on any atom is -0.344 e. The van der Waals surface area contributed by atoms with Crippen LogP contribution in [0.1, 0.15) is 16.3 Å². The van der Waals surface area contributed by atoms with E-state index in [9.17, 15) is 4.79 Å². The van der Waals surface area contributed by atoms with Gasteiger partial charge in [0.05, 0.1) is 17.6 Å². The Morgan fingerprint density at radius 2 is 2.08 bits per heavy atom. The van der Waals surface area contributed by atoms with Crippen LogP contribution in [0.2, 0.25) is 5.02 Å². The highest BCUT2D eigenvalue weighted by Crippen LogP contribution is 2.26. The maximum absolute atomic E-state index is 12.5. The molecule has 2 heterocycles. The first-order valence-electron chi connectivity index (χ1n) is 7.59. The van der Waals surface area contributed by atoms with Crippen molar-refractivity contribution in [2.45, 2.75) is 6.54 Å². The molecule has 24 heavy (non-hydrogen) atoms. The van der Waals surface area contributed by atoms with Gasteiger partial charge in [0.1, 0.15) is 11.5 Å². The SMILES string of the molecule is Cn1c(C(=O)NCc2nc3ccccc3[nH]2)cc2c(Cl)cccc21. The van der Waals surface area contributed by atoms with Crippen molar-refractivity contribution in [3.8, 4) is 0 Å². The van der Waals surface area contributed by atoms with Crippen molar-refractivity contribution in [1.29, 1.82) is 0 Å². The van der Waals surface area contributed by atoms with E-state index >= 15 is 0 Å². The Morgan fingerprint density at radius 1 is 1.25 bits per heavy atom. The smallest absolute Gasteiger partial charge is 0.268 e. The minimum atomic E-state index is -0.162. The molecule has 1 amide bonds. The lowest BCUT2D eigenvalue weighted by molar-refractivity contribution is 0.0942. The van der Waals surface area contributed by atoms with E-state index in [1.54, 1.807) is 0 Å². The number of para-hydroxylation sites is 2. The Kier molecular flexibility index (Phi) is 3.50. The van der Waals surface area contributed by atoms with Crippen molar-refractivity contribution in [3.05, 3.63) is 65.1 Å². The van der Waals surface area contributed by atoms with Crippen molar-refractivity contribution in [2.24, 2.45) is 7.05 Å². The number of aromatic nitrogens is 3. The van der Waals surface area contributed by atoms with E-state index in [4.69, 9.17) is 11.6 Å². The Balaban J connectivity index is 1.58. The van der Waals surface area contributed by atoms with E-state index in [1.807, 2.05) is 60.1 Å². The van der Waals surface area contributed by atoms with Gasteiger partial charge in [-0.05, 0) is 30.3 Å². The highest BCUT2D eigenvalue weighted by atomic mass is 35.5. The second kappa shape index (κ2) is 5.69. The van der Waals surface area contributed by atoms with Gasteiger partial charge in [-0.25, -0.2) is 4.98 Å². The minimum absolute atomic E-state index is 0.162. The molecule has 0 atom stereocenters. The number of imidazole rings is 1. The van der Waals surface area contributed by atoms with Crippen LogP contribution >= 0.6 is 11.6 Å². The largest absolute Gasteiger partial charge is 0.344 e. The molecule has 4 aromatic rings. The Bertz CT molecular complexity index is 1030. The summed E-state index contributed by atoms with van der Waals surface area (Å²) in [5, 5.41) is 4.41. The molecule has 0 aliphatic rings. The van der Waals surface area contributed by atoms with Crippen LogP contribution in [-0.2, 0) is 13.6 Å². The summed E-state index contributed by atoms with van der Waals surface area (Å²) in [4.78, 5) is 20.2. The van der Waals surface area contributed by atoms with Crippen LogP contribution in [-0.4, -0.2) is 20.4 Å². The molecule has 0 spiro atoms. The molecular formula is C18H15ClN4O. The van der Waals surface area contributed by atoms with Crippen molar-refractivity contribution >= 4 is 39.4 Å². The number of hydrogen-bond acceptors (Lipinski definition) is 2. The van der Waals surface area contributed by atoms with Gasteiger partial charge in [0.25, 0.3) is 5.91 Å². The number of carbonyl (C=O) groups excluding carboxylic acids is 1. The lowest BCUT2D eigenvalue weighted by Gasteiger charge is -2.05. The summed E-state index contributed by atoms with van der Waals surface area (Å²) in [5.41, 5.74) is 3.34. The first kappa shape index (κ1) is 14.8.